The van der Waals surface area contributed by atoms with Crippen molar-refractivity contribution < 1.29 is 0 Å². The summed E-state index contributed by atoms with van der Waals surface area (Å²) < 4.78 is 2.50. The number of aryl methyl sites for hydroxylation is 1. The quantitative estimate of drug-likeness (QED) is 0.828. The van der Waals surface area contributed by atoms with E-state index in [1.54, 1.807) is 12.4 Å². The minimum absolute atomic E-state index is 0.176. The molecule has 0 saturated carbocycles. The number of rotatable bonds is 2. The monoisotopic (exact) mass is 357 g/mol. The Kier molecular flexibility index (Phi) is 3.73. The first-order valence-corrected chi connectivity index (χ1v) is 6.50. The predicted molar refractivity (Wildman–Crippen MR) is 72.0 cm³/mol. The van der Waals surface area contributed by atoms with Crippen LogP contribution in [0.3, 0.4) is 0 Å². The van der Waals surface area contributed by atoms with E-state index in [-0.39, 0.29) is 5.56 Å². The molecule has 2 aromatic heterocycles. The minimum atomic E-state index is -0.176. The molecule has 4 nitrogen and oxygen atoms in total. The Labute approximate surface area is 115 Å². The molecule has 0 aliphatic heterocycles. The van der Waals surface area contributed by atoms with E-state index in [9.17, 15) is 4.79 Å². The van der Waals surface area contributed by atoms with Crippen LogP contribution in [0.15, 0.2) is 38.3 Å². The Balaban J connectivity index is 2.41. The number of halogens is 2. The van der Waals surface area contributed by atoms with Crippen LogP contribution in [0.1, 0.15) is 11.3 Å². The van der Waals surface area contributed by atoms with Crippen LogP contribution in [0.5, 0.6) is 0 Å². The van der Waals surface area contributed by atoms with Crippen molar-refractivity contribution >= 4 is 31.9 Å². The van der Waals surface area contributed by atoms with Crippen molar-refractivity contribution in [1.29, 1.82) is 0 Å². The van der Waals surface area contributed by atoms with Gasteiger partial charge in [0.25, 0.3) is 5.56 Å². The fraction of sp³-hybridized carbons (Fsp3) is 0.182. The lowest BCUT2D eigenvalue weighted by molar-refractivity contribution is 0.620. The third-order valence-corrected chi connectivity index (χ3v) is 4.26. The van der Waals surface area contributed by atoms with Gasteiger partial charge in [0.15, 0.2) is 0 Å². The Bertz CT molecular complexity index is 610. The molecule has 0 aliphatic carbocycles. The maximum Gasteiger partial charge on any atom is 0.282 e. The van der Waals surface area contributed by atoms with E-state index in [0.29, 0.717) is 15.5 Å². The molecule has 0 aromatic carbocycles. The van der Waals surface area contributed by atoms with Gasteiger partial charge in [0, 0.05) is 6.20 Å². The summed E-state index contributed by atoms with van der Waals surface area (Å²) in [5, 5.41) is 4.06. The first-order valence-electron chi connectivity index (χ1n) is 4.91. The molecule has 0 N–H and O–H groups in total. The lowest BCUT2D eigenvalue weighted by Gasteiger charge is -2.07. The summed E-state index contributed by atoms with van der Waals surface area (Å²) >= 11 is 6.46. The zero-order chi connectivity index (χ0) is 12.4. The second-order valence-electron chi connectivity index (χ2n) is 3.54. The van der Waals surface area contributed by atoms with Crippen LogP contribution in [-0.4, -0.2) is 14.8 Å². The lowest BCUT2D eigenvalue weighted by Crippen LogP contribution is -2.24. The molecule has 0 atom stereocenters. The molecule has 2 heterocycles. The molecular formula is C11H9Br2N3O. The van der Waals surface area contributed by atoms with E-state index in [1.807, 2.05) is 19.1 Å². The van der Waals surface area contributed by atoms with Gasteiger partial charge in [0.2, 0.25) is 0 Å². The highest BCUT2D eigenvalue weighted by molar-refractivity contribution is 9.13. The molecule has 0 saturated heterocycles. The highest BCUT2D eigenvalue weighted by atomic mass is 79.9. The number of hydrogen-bond acceptors (Lipinski definition) is 3. The second-order valence-corrected chi connectivity index (χ2v) is 5.18. The highest BCUT2D eigenvalue weighted by Crippen LogP contribution is 2.16. The number of aromatic nitrogens is 3. The minimum Gasteiger partial charge on any atom is -0.266 e. The normalized spacial score (nSPS) is 10.5. The molecule has 0 amide bonds. The molecule has 2 rings (SSSR count). The molecular weight excluding hydrogens is 350 g/mol. The molecule has 0 unspecified atom stereocenters. The lowest BCUT2D eigenvalue weighted by atomic mass is 10.2. The summed E-state index contributed by atoms with van der Waals surface area (Å²) in [4.78, 5) is 16.1. The van der Waals surface area contributed by atoms with E-state index in [1.165, 1.54) is 4.68 Å². The van der Waals surface area contributed by atoms with E-state index >= 15 is 0 Å². The fourth-order valence-corrected chi connectivity index (χ4v) is 1.95. The van der Waals surface area contributed by atoms with E-state index in [4.69, 9.17) is 0 Å². The van der Waals surface area contributed by atoms with Gasteiger partial charge in [-0.05, 0) is 50.4 Å². The maximum absolute atomic E-state index is 11.9. The van der Waals surface area contributed by atoms with Crippen LogP contribution in [0.2, 0.25) is 0 Å². The predicted octanol–water partition coefficient (Wildman–Crippen LogP) is 2.52. The van der Waals surface area contributed by atoms with Crippen molar-refractivity contribution in [3.05, 3.63) is 55.1 Å². The molecule has 88 valence electrons. The maximum atomic E-state index is 11.9. The van der Waals surface area contributed by atoms with Gasteiger partial charge in [-0.1, -0.05) is 6.07 Å². The summed E-state index contributed by atoms with van der Waals surface area (Å²) in [6.07, 6.45) is 3.30. The smallest absolute Gasteiger partial charge is 0.266 e. The SMILES string of the molecule is Cc1cccnc1Cn1ncc(Br)c(Br)c1=O. The van der Waals surface area contributed by atoms with E-state index in [0.717, 1.165) is 11.3 Å². The van der Waals surface area contributed by atoms with Gasteiger partial charge in [-0.2, -0.15) is 5.10 Å². The third-order valence-electron chi connectivity index (χ3n) is 2.36. The van der Waals surface area contributed by atoms with Crippen LogP contribution in [-0.2, 0) is 6.54 Å². The van der Waals surface area contributed by atoms with Gasteiger partial charge in [-0.25, -0.2) is 4.68 Å². The molecule has 0 spiro atoms. The van der Waals surface area contributed by atoms with Gasteiger partial charge in [-0.15, -0.1) is 0 Å². The standard InChI is InChI=1S/C11H9Br2N3O/c1-7-3-2-4-14-9(7)6-16-11(17)10(13)8(12)5-15-16/h2-5H,6H2,1H3. The summed E-state index contributed by atoms with van der Waals surface area (Å²) in [5.41, 5.74) is 1.71. The molecule has 0 fully saturated rings. The topological polar surface area (TPSA) is 47.8 Å². The van der Waals surface area contributed by atoms with Crippen LogP contribution < -0.4 is 5.56 Å². The third kappa shape index (κ3) is 2.63. The molecule has 6 heteroatoms. The Hall–Kier alpha value is -1.01. The first kappa shape index (κ1) is 12.4. The summed E-state index contributed by atoms with van der Waals surface area (Å²) in [6.45, 7) is 2.33. The summed E-state index contributed by atoms with van der Waals surface area (Å²) in [7, 11) is 0. The summed E-state index contributed by atoms with van der Waals surface area (Å²) in [6, 6.07) is 3.83. The first-order chi connectivity index (χ1) is 8.09. The molecule has 0 bridgehead atoms. The van der Waals surface area contributed by atoms with Crippen molar-refractivity contribution in [2.75, 3.05) is 0 Å². The molecule has 0 aliphatic rings. The van der Waals surface area contributed by atoms with Gasteiger partial charge in [0.1, 0.15) is 4.47 Å². The fourth-order valence-electron chi connectivity index (χ4n) is 1.38. The Morgan fingerprint density at radius 3 is 2.88 bits per heavy atom. The largest absolute Gasteiger partial charge is 0.282 e. The molecule has 0 radical (unpaired) electrons. The van der Waals surface area contributed by atoms with E-state index in [2.05, 4.69) is 41.9 Å². The number of nitrogens with zero attached hydrogens (tertiary/aromatic N) is 3. The Morgan fingerprint density at radius 1 is 1.41 bits per heavy atom. The molecule has 17 heavy (non-hydrogen) atoms. The number of pyridine rings is 1. The van der Waals surface area contributed by atoms with Gasteiger partial charge in [0.05, 0.1) is 22.9 Å². The average molecular weight is 359 g/mol. The summed E-state index contributed by atoms with van der Waals surface area (Å²) in [5.74, 6) is 0. The zero-order valence-electron chi connectivity index (χ0n) is 9.02. The van der Waals surface area contributed by atoms with Crippen LogP contribution in [0.25, 0.3) is 0 Å². The van der Waals surface area contributed by atoms with Crippen molar-refractivity contribution in [3.8, 4) is 0 Å². The van der Waals surface area contributed by atoms with Crippen molar-refractivity contribution in [1.82, 2.24) is 14.8 Å². The van der Waals surface area contributed by atoms with Gasteiger partial charge in [-0.3, -0.25) is 9.78 Å². The van der Waals surface area contributed by atoms with Crippen molar-refractivity contribution in [2.24, 2.45) is 0 Å². The van der Waals surface area contributed by atoms with Crippen LogP contribution in [0, 0.1) is 6.92 Å². The highest BCUT2D eigenvalue weighted by Gasteiger charge is 2.08. The zero-order valence-corrected chi connectivity index (χ0v) is 12.2. The Morgan fingerprint density at radius 2 is 2.18 bits per heavy atom. The molecule has 2 aromatic rings. The number of hydrogen-bond donors (Lipinski definition) is 0. The van der Waals surface area contributed by atoms with Crippen molar-refractivity contribution in [2.45, 2.75) is 13.5 Å². The average Bonchev–Trinajstić information content (AvgIpc) is 2.32. The van der Waals surface area contributed by atoms with E-state index < -0.39 is 0 Å². The van der Waals surface area contributed by atoms with Gasteiger partial charge >= 0.3 is 0 Å². The van der Waals surface area contributed by atoms with Crippen molar-refractivity contribution in [3.63, 3.8) is 0 Å². The van der Waals surface area contributed by atoms with Gasteiger partial charge < -0.3 is 0 Å². The van der Waals surface area contributed by atoms with Crippen LogP contribution >= 0.6 is 31.9 Å². The second kappa shape index (κ2) is 5.10. The van der Waals surface area contributed by atoms with Crippen LogP contribution in [0.4, 0.5) is 0 Å².